The predicted molar refractivity (Wildman–Crippen MR) is 111 cm³/mol. The fraction of sp³-hybridized carbons (Fsp3) is 0.455. The lowest BCUT2D eigenvalue weighted by Crippen LogP contribution is -2.22. The molecule has 2 aromatic rings. The van der Waals surface area contributed by atoms with Crippen molar-refractivity contribution in [1.29, 1.82) is 0 Å². The summed E-state index contributed by atoms with van der Waals surface area (Å²) < 4.78 is 11.1. The monoisotopic (exact) mass is 408 g/mol. The highest BCUT2D eigenvalue weighted by Gasteiger charge is 2.24. The molecule has 2 aromatic carbocycles. The summed E-state index contributed by atoms with van der Waals surface area (Å²) >= 11 is 5.60. The van der Waals surface area contributed by atoms with Gasteiger partial charge in [0.2, 0.25) is 0 Å². The van der Waals surface area contributed by atoms with E-state index in [0.29, 0.717) is 5.75 Å². The van der Waals surface area contributed by atoms with Crippen LogP contribution in [0.15, 0.2) is 42.5 Å². The smallest absolute Gasteiger partial charge is 0.122 e. The number of aryl methyl sites for hydroxylation is 1. The maximum atomic E-state index is 9.55. The highest BCUT2D eigenvalue weighted by atomic mass is 35.5. The Bertz CT molecular complexity index is 745. The van der Waals surface area contributed by atoms with Crippen LogP contribution in [-0.4, -0.2) is 53.2 Å². The van der Waals surface area contributed by atoms with E-state index in [2.05, 4.69) is 19.9 Å². The molecule has 0 saturated heterocycles. The molecule has 0 unspecified atom stereocenters. The van der Waals surface area contributed by atoms with Gasteiger partial charge in [-0.25, -0.2) is 0 Å². The second kappa shape index (κ2) is 10.1. The van der Waals surface area contributed by atoms with E-state index >= 15 is 0 Å². The third kappa shape index (κ3) is 5.85. The standard InChI is InChI=1S/C22H29ClO5/c1-15-10-17(6-9-21(15)28-13-18(25)11-23)22(2,3)16-4-7-20(8-5-16)27-14-19(26)12-24/h4-10,18-19,24-26H,11-14H2,1-3H3/t18-,19-/m1/s1. The number of halogens is 1. The van der Waals surface area contributed by atoms with Gasteiger partial charge in [-0.2, -0.15) is 0 Å². The summed E-state index contributed by atoms with van der Waals surface area (Å²) in [6, 6.07) is 13.7. The summed E-state index contributed by atoms with van der Waals surface area (Å²) in [6.45, 7) is 6.16. The normalized spacial score (nSPS) is 13.8. The zero-order chi connectivity index (χ0) is 20.7. The molecule has 0 aromatic heterocycles. The summed E-state index contributed by atoms with van der Waals surface area (Å²) in [7, 11) is 0. The second-order valence-corrected chi connectivity index (χ2v) is 7.70. The van der Waals surface area contributed by atoms with Crippen molar-refractivity contribution in [1.82, 2.24) is 0 Å². The third-order valence-electron chi connectivity index (χ3n) is 4.74. The lowest BCUT2D eigenvalue weighted by Gasteiger charge is -2.27. The van der Waals surface area contributed by atoms with E-state index in [0.717, 1.165) is 22.4 Å². The number of aliphatic hydroxyl groups is 3. The molecule has 0 spiro atoms. The van der Waals surface area contributed by atoms with Gasteiger partial charge in [0.1, 0.15) is 36.9 Å². The van der Waals surface area contributed by atoms with Crippen molar-refractivity contribution in [3.63, 3.8) is 0 Å². The SMILES string of the molecule is Cc1cc(C(C)(C)c2ccc(OC[C@H](O)CO)cc2)ccc1OC[C@H](O)CCl. The number of benzene rings is 2. The van der Waals surface area contributed by atoms with Crippen molar-refractivity contribution in [2.45, 2.75) is 38.4 Å². The second-order valence-electron chi connectivity index (χ2n) is 7.40. The summed E-state index contributed by atoms with van der Waals surface area (Å²) in [4.78, 5) is 0. The van der Waals surface area contributed by atoms with Crippen molar-refractivity contribution in [2.24, 2.45) is 0 Å². The molecule has 0 aliphatic rings. The van der Waals surface area contributed by atoms with E-state index in [4.69, 9.17) is 26.2 Å². The molecule has 5 nitrogen and oxygen atoms in total. The molecule has 2 rings (SSSR count). The fourth-order valence-electron chi connectivity index (χ4n) is 2.81. The van der Waals surface area contributed by atoms with Gasteiger partial charge in [0, 0.05) is 5.41 Å². The molecule has 0 saturated carbocycles. The minimum Gasteiger partial charge on any atom is -0.491 e. The molecule has 3 N–H and O–H groups in total. The zero-order valence-electron chi connectivity index (χ0n) is 16.6. The van der Waals surface area contributed by atoms with Crippen LogP contribution in [0.1, 0.15) is 30.5 Å². The molecule has 0 bridgehead atoms. The van der Waals surface area contributed by atoms with E-state index in [9.17, 15) is 10.2 Å². The molecule has 0 aliphatic heterocycles. The summed E-state index contributed by atoms with van der Waals surface area (Å²) in [5.74, 6) is 1.52. The maximum Gasteiger partial charge on any atom is 0.122 e. The van der Waals surface area contributed by atoms with Crippen LogP contribution in [0.3, 0.4) is 0 Å². The number of aliphatic hydroxyl groups excluding tert-OH is 3. The van der Waals surface area contributed by atoms with E-state index in [1.807, 2.05) is 43.3 Å². The Morgan fingerprint density at radius 3 is 2.11 bits per heavy atom. The third-order valence-corrected chi connectivity index (χ3v) is 5.09. The van der Waals surface area contributed by atoms with E-state index in [1.165, 1.54) is 0 Å². The first kappa shape index (κ1) is 22.5. The van der Waals surface area contributed by atoms with Gasteiger partial charge in [0.25, 0.3) is 0 Å². The summed E-state index contributed by atoms with van der Waals surface area (Å²) in [6.07, 6.45) is -1.57. The van der Waals surface area contributed by atoms with Gasteiger partial charge < -0.3 is 24.8 Å². The minimum absolute atomic E-state index is 0.0539. The Kier molecular flexibility index (Phi) is 8.13. The molecule has 0 radical (unpaired) electrons. The maximum absolute atomic E-state index is 9.55. The number of rotatable bonds is 10. The molecular formula is C22H29ClO5. The van der Waals surface area contributed by atoms with Crippen LogP contribution in [0.5, 0.6) is 11.5 Å². The molecule has 28 heavy (non-hydrogen) atoms. The van der Waals surface area contributed by atoms with Gasteiger partial charge in [-0.05, 0) is 41.8 Å². The zero-order valence-corrected chi connectivity index (χ0v) is 17.3. The Labute approximate surface area is 171 Å². The topological polar surface area (TPSA) is 79.2 Å². The number of alkyl halides is 1. The Morgan fingerprint density at radius 1 is 0.929 bits per heavy atom. The molecule has 154 valence electrons. The van der Waals surface area contributed by atoms with Crippen molar-refractivity contribution < 1.29 is 24.8 Å². The van der Waals surface area contributed by atoms with Crippen LogP contribution in [-0.2, 0) is 5.41 Å². The quantitative estimate of drug-likeness (QED) is 0.526. The van der Waals surface area contributed by atoms with E-state index in [1.54, 1.807) is 0 Å². The van der Waals surface area contributed by atoms with Gasteiger partial charge in [0.05, 0.1) is 12.5 Å². The van der Waals surface area contributed by atoms with Gasteiger partial charge in [0.15, 0.2) is 0 Å². The Balaban J connectivity index is 2.11. The molecule has 0 amide bonds. The largest absolute Gasteiger partial charge is 0.491 e. The van der Waals surface area contributed by atoms with Crippen LogP contribution in [0.2, 0.25) is 0 Å². The minimum atomic E-state index is -0.884. The van der Waals surface area contributed by atoms with E-state index < -0.39 is 12.2 Å². The lowest BCUT2D eigenvalue weighted by atomic mass is 9.77. The van der Waals surface area contributed by atoms with Gasteiger partial charge in [-0.3, -0.25) is 0 Å². The summed E-state index contributed by atoms with van der Waals surface area (Å²) in [5, 5.41) is 27.8. The molecule has 0 aliphatic carbocycles. The first-order chi connectivity index (χ1) is 13.3. The molecule has 0 heterocycles. The fourth-order valence-corrected chi connectivity index (χ4v) is 2.90. The lowest BCUT2D eigenvalue weighted by molar-refractivity contribution is 0.0536. The van der Waals surface area contributed by atoms with E-state index in [-0.39, 0.29) is 31.1 Å². The number of ether oxygens (including phenoxy) is 2. The van der Waals surface area contributed by atoms with Crippen LogP contribution in [0, 0.1) is 6.92 Å². The van der Waals surface area contributed by atoms with Crippen molar-refractivity contribution in [2.75, 3.05) is 25.7 Å². The van der Waals surface area contributed by atoms with Crippen LogP contribution in [0.25, 0.3) is 0 Å². The van der Waals surface area contributed by atoms with Crippen LogP contribution in [0.4, 0.5) is 0 Å². The first-order valence-corrected chi connectivity index (χ1v) is 9.81. The predicted octanol–water partition coefficient (Wildman–Crippen LogP) is 3.03. The average Bonchev–Trinajstić information content (AvgIpc) is 2.70. The molecule has 2 atom stereocenters. The van der Waals surface area contributed by atoms with Crippen LogP contribution >= 0.6 is 11.6 Å². The highest BCUT2D eigenvalue weighted by molar-refractivity contribution is 6.18. The Morgan fingerprint density at radius 2 is 1.54 bits per heavy atom. The van der Waals surface area contributed by atoms with Crippen LogP contribution < -0.4 is 9.47 Å². The van der Waals surface area contributed by atoms with Gasteiger partial charge in [-0.1, -0.05) is 38.1 Å². The molecular weight excluding hydrogens is 380 g/mol. The summed E-state index contributed by atoms with van der Waals surface area (Å²) in [5.41, 5.74) is 3.01. The number of hydrogen-bond donors (Lipinski definition) is 3. The van der Waals surface area contributed by atoms with Crippen molar-refractivity contribution >= 4 is 11.6 Å². The first-order valence-electron chi connectivity index (χ1n) is 9.28. The van der Waals surface area contributed by atoms with Crippen molar-refractivity contribution in [3.8, 4) is 11.5 Å². The average molecular weight is 409 g/mol. The van der Waals surface area contributed by atoms with Crippen molar-refractivity contribution in [3.05, 3.63) is 59.2 Å². The highest BCUT2D eigenvalue weighted by Crippen LogP contribution is 2.34. The molecule has 0 fully saturated rings. The van der Waals surface area contributed by atoms with Gasteiger partial charge in [-0.15, -0.1) is 11.6 Å². The number of hydrogen-bond acceptors (Lipinski definition) is 5. The Hall–Kier alpha value is -1.79. The van der Waals surface area contributed by atoms with Gasteiger partial charge >= 0.3 is 0 Å². The molecule has 6 heteroatoms.